The lowest BCUT2D eigenvalue weighted by atomic mass is 10.2. The first kappa shape index (κ1) is 15.0. The Morgan fingerprint density at radius 2 is 1.88 bits per heavy atom. The van der Waals surface area contributed by atoms with Crippen molar-refractivity contribution in [3.8, 4) is 0 Å². The van der Waals surface area contributed by atoms with Crippen molar-refractivity contribution >= 4 is 44.4 Å². The van der Waals surface area contributed by atoms with Crippen molar-refractivity contribution in [1.82, 2.24) is 5.32 Å². The van der Waals surface area contributed by atoms with Crippen LogP contribution in [0, 0.1) is 3.57 Å². The number of carbonyl (C=O) groups excluding carboxylic acids is 1. The van der Waals surface area contributed by atoms with Crippen LogP contribution in [-0.4, -0.2) is 17.8 Å². The Kier molecular flexibility index (Phi) is 7.84. The number of amides is 1. The minimum absolute atomic E-state index is 0.0375. The Balaban J connectivity index is 2.24. The summed E-state index contributed by atoms with van der Waals surface area (Å²) in [5.41, 5.74) is 0.772. The van der Waals surface area contributed by atoms with Crippen LogP contribution in [0.15, 0.2) is 24.3 Å². The molecule has 0 aliphatic carbocycles. The van der Waals surface area contributed by atoms with Gasteiger partial charge in [0.2, 0.25) is 0 Å². The topological polar surface area (TPSA) is 29.1 Å². The highest BCUT2D eigenvalue weighted by Gasteiger charge is 2.07. The first-order chi connectivity index (χ1) is 8.25. The Morgan fingerprint density at radius 1 is 1.18 bits per heavy atom. The molecule has 0 radical (unpaired) electrons. The van der Waals surface area contributed by atoms with E-state index in [4.69, 9.17) is 0 Å². The molecule has 0 fully saturated rings. The third kappa shape index (κ3) is 5.86. The fourth-order valence-corrected chi connectivity index (χ4v) is 2.54. The van der Waals surface area contributed by atoms with Crippen LogP contribution in [0.25, 0.3) is 0 Å². The molecule has 1 rings (SSSR count). The third-order valence-electron chi connectivity index (χ3n) is 2.46. The quantitative estimate of drug-likeness (QED) is 0.412. The molecule has 17 heavy (non-hydrogen) atoms. The molecule has 1 N–H and O–H groups in total. The van der Waals surface area contributed by atoms with Crippen molar-refractivity contribution in [1.29, 1.82) is 0 Å². The summed E-state index contributed by atoms with van der Waals surface area (Å²) in [6, 6.07) is 7.65. The zero-order chi connectivity index (χ0) is 12.5. The number of hydrogen-bond donors (Lipinski definition) is 1. The number of nitrogens with one attached hydrogen (secondary N) is 1. The molecule has 1 aromatic carbocycles. The minimum atomic E-state index is 0.0375. The molecule has 0 heterocycles. The zero-order valence-electron chi connectivity index (χ0n) is 9.72. The van der Waals surface area contributed by atoms with Gasteiger partial charge < -0.3 is 5.32 Å². The molecular weight excluding hydrogens is 393 g/mol. The van der Waals surface area contributed by atoms with Gasteiger partial charge in [0.15, 0.2) is 0 Å². The summed E-state index contributed by atoms with van der Waals surface area (Å²) in [4.78, 5) is 11.8. The smallest absolute Gasteiger partial charge is 0.252 e. The summed E-state index contributed by atoms with van der Waals surface area (Å²) in [7, 11) is 0. The predicted octanol–water partition coefficient (Wildman–Crippen LogP) is 3.98. The van der Waals surface area contributed by atoms with Crippen molar-refractivity contribution in [3.63, 3.8) is 0 Å². The van der Waals surface area contributed by atoms with E-state index in [2.05, 4.69) is 43.8 Å². The van der Waals surface area contributed by atoms with Crippen molar-refractivity contribution < 1.29 is 4.79 Å². The van der Waals surface area contributed by atoms with Crippen molar-refractivity contribution in [2.24, 2.45) is 0 Å². The number of benzene rings is 1. The van der Waals surface area contributed by atoms with Crippen LogP contribution >= 0.6 is 38.5 Å². The van der Waals surface area contributed by atoms with Gasteiger partial charge in [0.1, 0.15) is 0 Å². The molecule has 0 bridgehead atoms. The highest BCUT2D eigenvalue weighted by atomic mass is 127. The lowest BCUT2D eigenvalue weighted by Crippen LogP contribution is -2.25. The van der Waals surface area contributed by atoms with Crippen LogP contribution in [0.2, 0.25) is 0 Å². The Morgan fingerprint density at radius 3 is 2.59 bits per heavy atom. The van der Waals surface area contributed by atoms with Gasteiger partial charge in [-0.05, 0) is 47.6 Å². The van der Waals surface area contributed by atoms with E-state index in [-0.39, 0.29) is 5.91 Å². The first-order valence-corrected chi connectivity index (χ1v) is 8.04. The number of halogens is 2. The summed E-state index contributed by atoms with van der Waals surface area (Å²) in [5.74, 6) is 0.0375. The molecule has 0 saturated carbocycles. The second-order valence-electron chi connectivity index (χ2n) is 3.84. The molecule has 4 heteroatoms. The van der Waals surface area contributed by atoms with Crippen LogP contribution in [-0.2, 0) is 0 Å². The second kappa shape index (κ2) is 8.91. The summed E-state index contributed by atoms with van der Waals surface area (Å²) >= 11 is 5.60. The van der Waals surface area contributed by atoms with Crippen molar-refractivity contribution in [3.05, 3.63) is 33.4 Å². The molecule has 0 atom stereocenters. The Hall–Kier alpha value is -0.100. The maximum Gasteiger partial charge on any atom is 0.252 e. The van der Waals surface area contributed by atoms with E-state index in [0.717, 1.165) is 27.4 Å². The van der Waals surface area contributed by atoms with Crippen LogP contribution in [0.1, 0.15) is 36.0 Å². The summed E-state index contributed by atoms with van der Waals surface area (Å²) in [5, 5.41) is 4.03. The van der Waals surface area contributed by atoms with Gasteiger partial charge in [-0.2, -0.15) is 0 Å². The normalized spacial score (nSPS) is 10.2. The average molecular weight is 410 g/mol. The molecule has 2 nitrogen and oxygen atoms in total. The summed E-state index contributed by atoms with van der Waals surface area (Å²) < 4.78 is 1.00. The number of hydrogen-bond acceptors (Lipinski definition) is 1. The highest BCUT2D eigenvalue weighted by Crippen LogP contribution is 2.11. The molecule has 1 aromatic rings. The Bertz CT molecular complexity index is 357. The van der Waals surface area contributed by atoms with Crippen LogP contribution in [0.3, 0.4) is 0 Å². The molecule has 94 valence electrons. The maximum absolute atomic E-state index is 11.8. The molecule has 1 amide bonds. The third-order valence-corrected chi connectivity index (χ3v) is 3.97. The van der Waals surface area contributed by atoms with Crippen LogP contribution in [0.4, 0.5) is 0 Å². The van der Waals surface area contributed by atoms with E-state index >= 15 is 0 Å². The highest BCUT2D eigenvalue weighted by molar-refractivity contribution is 14.1. The second-order valence-corrected chi connectivity index (χ2v) is 5.79. The fourth-order valence-electron chi connectivity index (χ4n) is 1.52. The zero-order valence-corrected chi connectivity index (χ0v) is 13.5. The predicted molar refractivity (Wildman–Crippen MR) is 83.8 cm³/mol. The van der Waals surface area contributed by atoms with Gasteiger partial charge in [-0.15, -0.1) is 0 Å². The minimum Gasteiger partial charge on any atom is -0.352 e. The van der Waals surface area contributed by atoms with E-state index in [0.29, 0.717) is 0 Å². The number of rotatable bonds is 7. The van der Waals surface area contributed by atoms with E-state index < -0.39 is 0 Å². The van der Waals surface area contributed by atoms with E-state index in [1.165, 1.54) is 19.3 Å². The monoisotopic (exact) mass is 409 g/mol. The Labute approximate surface area is 125 Å². The van der Waals surface area contributed by atoms with E-state index in [9.17, 15) is 4.79 Å². The van der Waals surface area contributed by atoms with Gasteiger partial charge in [0.25, 0.3) is 5.91 Å². The van der Waals surface area contributed by atoms with Crippen LogP contribution < -0.4 is 5.32 Å². The van der Waals surface area contributed by atoms with Gasteiger partial charge >= 0.3 is 0 Å². The average Bonchev–Trinajstić information content (AvgIpc) is 2.34. The lowest BCUT2D eigenvalue weighted by molar-refractivity contribution is 0.0952. The first-order valence-electron chi connectivity index (χ1n) is 5.84. The molecule has 0 unspecified atom stereocenters. The van der Waals surface area contributed by atoms with Crippen LogP contribution in [0.5, 0.6) is 0 Å². The molecule has 0 aliphatic heterocycles. The molecular formula is C13H17BrINO. The molecule has 0 aliphatic rings. The number of unbranched alkanes of at least 4 members (excludes halogenated alkanes) is 3. The maximum atomic E-state index is 11.8. The molecule has 0 spiro atoms. The van der Waals surface area contributed by atoms with E-state index in [1.807, 2.05) is 24.3 Å². The van der Waals surface area contributed by atoms with Gasteiger partial charge in [0.05, 0.1) is 5.56 Å². The lowest BCUT2D eigenvalue weighted by Gasteiger charge is -2.06. The van der Waals surface area contributed by atoms with Gasteiger partial charge in [-0.3, -0.25) is 4.79 Å². The largest absolute Gasteiger partial charge is 0.352 e. The van der Waals surface area contributed by atoms with Crippen molar-refractivity contribution in [2.45, 2.75) is 25.7 Å². The molecule has 0 saturated heterocycles. The standard InChI is InChI=1S/C13H17BrINO/c14-9-5-1-2-6-10-16-13(17)11-7-3-4-8-12(11)15/h3-4,7-8H,1-2,5-6,9-10H2,(H,16,17). The van der Waals surface area contributed by atoms with Gasteiger partial charge in [-0.25, -0.2) is 0 Å². The summed E-state index contributed by atoms with van der Waals surface area (Å²) in [6.45, 7) is 0.770. The number of carbonyl (C=O) groups is 1. The van der Waals surface area contributed by atoms with Gasteiger partial charge in [0, 0.05) is 15.4 Å². The SMILES string of the molecule is O=C(NCCCCCCBr)c1ccccc1I. The van der Waals surface area contributed by atoms with Crippen molar-refractivity contribution in [2.75, 3.05) is 11.9 Å². The molecule has 0 aromatic heterocycles. The van der Waals surface area contributed by atoms with E-state index in [1.54, 1.807) is 0 Å². The summed E-state index contributed by atoms with van der Waals surface area (Å²) in [6.07, 6.45) is 4.68. The van der Waals surface area contributed by atoms with Gasteiger partial charge in [-0.1, -0.05) is 40.9 Å². The number of alkyl halides is 1. The fraction of sp³-hybridized carbons (Fsp3) is 0.462.